The van der Waals surface area contributed by atoms with Crippen molar-refractivity contribution in [1.29, 1.82) is 0 Å². The van der Waals surface area contributed by atoms with E-state index in [1.807, 2.05) is 0 Å². The van der Waals surface area contributed by atoms with Gasteiger partial charge in [-0.25, -0.2) is 4.39 Å². The summed E-state index contributed by atoms with van der Waals surface area (Å²) in [7, 11) is 0. The molecule has 4 nitrogen and oxygen atoms in total. The minimum absolute atomic E-state index is 0.0595. The summed E-state index contributed by atoms with van der Waals surface area (Å²) in [6.45, 7) is 0. The lowest BCUT2D eigenvalue weighted by Gasteiger charge is -2.23. The van der Waals surface area contributed by atoms with E-state index in [-0.39, 0.29) is 17.6 Å². The van der Waals surface area contributed by atoms with E-state index in [0.717, 1.165) is 19.3 Å². The van der Waals surface area contributed by atoms with Crippen molar-refractivity contribution in [2.75, 3.05) is 5.32 Å². The Morgan fingerprint density at radius 2 is 2.29 bits per heavy atom. The summed E-state index contributed by atoms with van der Waals surface area (Å²) in [5, 5.41) is 6.93. The third kappa shape index (κ3) is 1.77. The van der Waals surface area contributed by atoms with Crippen molar-refractivity contribution in [3.05, 3.63) is 24.0 Å². The lowest BCUT2D eigenvalue weighted by molar-refractivity contribution is -0.122. The predicted octanol–water partition coefficient (Wildman–Crippen LogP) is 2.71. The molecule has 1 fully saturated rings. The van der Waals surface area contributed by atoms with Crippen LogP contribution in [0.1, 0.15) is 19.3 Å². The molecule has 0 unspecified atom stereocenters. The number of benzene rings is 1. The van der Waals surface area contributed by atoms with E-state index >= 15 is 0 Å². The monoisotopic (exact) mass is 234 g/mol. The van der Waals surface area contributed by atoms with E-state index in [9.17, 15) is 9.18 Å². The highest BCUT2D eigenvalue weighted by atomic mass is 19.1. The average molecular weight is 234 g/mol. The first-order valence-electron chi connectivity index (χ1n) is 5.60. The summed E-state index contributed by atoms with van der Waals surface area (Å²) in [6, 6.07) is 4.10. The van der Waals surface area contributed by atoms with Crippen LogP contribution in [0.5, 0.6) is 0 Å². The van der Waals surface area contributed by atoms with Gasteiger partial charge in [0.25, 0.3) is 0 Å². The van der Waals surface area contributed by atoms with Gasteiger partial charge < -0.3 is 9.84 Å². The maximum Gasteiger partial charge on any atom is 0.228 e. The molecule has 1 aromatic carbocycles. The van der Waals surface area contributed by atoms with E-state index < -0.39 is 0 Å². The highest BCUT2D eigenvalue weighted by Gasteiger charge is 2.26. The van der Waals surface area contributed by atoms with Crippen LogP contribution >= 0.6 is 0 Å². The summed E-state index contributed by atoms with van der Waals surface area (Å²) in [4.78, 5) is 11.7. The van der Waals surface area contributed by atoms with Gasteiger partial charge in [0.2, 0.25) is 5.91 Å². The van der Waals surface area contributed by atoms with Crippen molar-refractivity contribution in [2.24, 2.45) is 5.92 Å². The molecule has 0 bridgehead atoms. The zero-order valence-electron chi connectivity index (χ0n) is 9.07. The number of hydrogen-bond acceptors (Lipinski definition) is 3. The second kappa shape index (κ2) is 3.84. The summed E-state index contributed by atoms with van der Waals surface area (Å²) in [5.74, 6) is -0.0673. The van der Waals surface area contributed by atoms with Crippen LogP contribution in [0.3, 0.4) is 0 Å². The van der Waals surface area contributed by atoms with Gasteiger partial charge in [0, 0.05) is 5.92 Å². The van der Waals surface area contributed by atoms with Crippen molar-refractivity contribution in [3.8, 4) is 0 Å². The number of anilines is 1. The average Bonchev–Trinajstić information content (AvgIpc) is 2.58. The Balaban J connectivity index is 1.89. The van der Waals surface area contributed by atoms with Gasteiger partial charge in [0.1, 0.15) is 5.82 Å². The molecule has 17 heavy (non-hydrogen) atoms. The lowest BCUT2D eigenvalue weighted by Crippen LogP contribution is -2.28. The van der Waals surface area contributed by atoms with Crippen LogP contribution in [0, 0.1) is 11.7 Å². The molecule has 0 aliphatic heterocycles. The van der Waals surface area contributed by atoms with E-state index in [4.69, 9.17) is 4.52 Å². The fourth-order valence-corrected chi connectivity index (χ4v) is 1.89. The number of carbonyl (C=O) groups excluding carboxylic acids is 1. The Morgan fingerprint density at radius 1 is 1.47 bits per heavy atom. The van der Waals surface area contributed by atoms with Crippen LogP contribution in [-0.2, 0) is 4.79 Å². The molecular weight excluding hydrogens is 223 g/mol. The number of hydrogen-bond donors (Lipinski definition) is 1. The normalized spacial score (nSPS) is 15.8. The highest BCUT2D eigenvalue weighted by Crippen LogP contribution is 2.29. The Bertz CT molecular complexity index is 575. The van der Waals surface area contributed by atoms with Gasteiger partial charge in [0.15, 0.2) is 11.4 Å². The summed E-state index contributed by atoms with van der Waals surface area (Å²) in [6.07, 6.45) is 2.91. The van der Waals surface area contributed by atoms with Gasteiger partial charge in [-0.1, -0.05) is 11.6 Å². The number of aromatic nitrogens is 1. The fraction of sp³-hybridized carbons (Fsp3) is 0.333. The second-order valence-electron chi connectivity index (χ2n) is 4.29. The van der Waals surface area contributed by atoms with Crippen LogP contribution in [-0.4, -0.2) is 11.1 Å². The molecule has 0 atom stereocenters. The van der Waals surface area contributed by atoms with Gasteiger partial charge in [-0.15, -0.1) is 0 Å². The van der Waals surface area contributed by atoms with Gasteiger partial charge in [-0.05, 0) is 31.0 Å². The Kier molecular flexibility index (Phi) is 2.31. The standard InChI is InChI=1S/C12H11FN2O2/c13-8-4-5-10-9(6-8)11(15-17-10)14-12(16)7-2-1-3-7/h4-7H,1-3H2,(H,14,15,16). The molecule has 1 aliphatic rings. The van der Waals surface area contributed by atoms with Crippen molar-refractivity contribution in [1.82, 2.24) is 5.16 Å². The minimum Gasteiger partial charge on any atom is -0.354 e. The molecule has 1 saturated carbocycles. The van der Waals surface area contributed by atoms with Crippen molar-refractivity contribution in [3.63, 3.8) is 0 Å². The van der Waals surface area contributed by atoms with E-state index in [2.05, 4.69) is 10.5 Å². The summed E-state index contributed by atoms with van der Waals surface area (Å²) < 4.78 is 18.1. The molecule has 1 heterocycles. The molecule has 0 radical (unpaired) electrons. The molecule has 5 heteroatoms. The highest BCUT2D eigenvalue weighted by molar-refractivity contribution is 5.99. The predicted molar refractivity (Wildman–Crippen MR) is 59.9 cm³/mol. The molecule has 0 saturated heterocycles. The van der Waals surface area contributed by atoms with E-state index in [1.165, 1.54) is 18.2 Å². The minimum atomic E-state index is -0.375. The third-order valence-corrected chi connectivity index (χ3v) is 3.15. The van der Waals surface area contributed by atoms with Crippen molar-refractivity contribution >= 4 is 22.7 Å². The Hall–Kier alpha value is -1.91. The number of halogens is 1. The largest absolute Gasteiger partial charge is 0.354 e. The van der Waals surface area contributed by atoms with E-state index in [0.29, 0.717) is 16.8 Å². The van der Waals surface area contributed by atoms with Crippen molar-refractivity contribution in [2.45, 2.75) is 19.3 Å². The van der Waals surface area contributed by atoms with Gasteiger partial charge in [0.05, 0.1) is 5.39 Å². The maximum absolute atomic E-state index is 13.1. The zero-order chi connectivity index (χ0) is 11.8. The SMILES string of the molecule is O=C(Nc1noc2ccc(F)cc12)C1CCC1. The van der Waals surface area contributed by atoms with Crippen LogP contribution in [0.4, 0.5) is 10.2 Å². The molecule has 3 rings (SSSR count). The Morgan fingerprint density at radius 3 is 3.00 bits per heavy atom. The first-order chi connectivity index (χ1) is 8.24. The molecule has 2 aromatic rings. The Labute approximate surface area is 96.8 Å². The van der Waals surface area contributed by atoms with Crippen LogP contribution in [0.2, 0.25) is 0 Å². The first-order valence-corrected chi connectivity index (χ1v) is 5.60. The smallest absolute Gasteiger partial charge is 0.228 e. The number of carbonyl (C=O) groups is 1. The molecule has 0 spiro atoms. The van der Waals surface area contributed by atoms with Crippen LogP contribution in [0.25, 0.3) is 11.0 Å². The van der Waals surface area contributed by atoms with Gasteiger partial charge in [-0.2, -0.15) is 0 Å². The topological polar surface area (TPSA) is 55.1 Å². The molecule has 1 amide bonds. The first kappa shape index (κ1) is 10.3. The van der Waals surface area contributed by atoms with Crippen molar-refractivity contribution < 1.29 is 13.7 Å². The molecule has 1 aromatic heterocycles. The maximum atomic E-state index is 13.1. The van der Waals surface area contributed by atoms with Crippen LogP contribution < -0.4 is 5.32 Å². The number of fused-ring (bicyclic) bond motifs is 1. The zero-order valence-corrected chi connectivity index (χ0v) is 9.07. The van der Waals surface area contributed by atoms with E-state index in [1.54, 1.807) is 0 Å². The summed E-state index contributed by atoms with van der Waals surface area (Å²) in [5.41, 5.74) is 0.468. The third-order valence-electron chi connectivity index (χ3n) is 3.15. The number of amides is 1. The second-order valence-corrected chi connectivity index (χ2v) is 4.29. The van der Waals surface area contributed by atoms with Gasteiger partial charge >= 0.3 is 0 Å². The van der Waals surface area contributed by atoms with Crippen LogP contribution in [0.15, 0.2) is 22.7 Å². The molecule has 1 N–H and O–H groups in total. The number of rotatable bonds is 2. The van der Waals surface area contributed by atoms with Gasteiger partial charge in [-0.3, -0.25) is 4.79 Å². The summed E-state index contributed by atoms with van der Waals surface area (Å²) >= 11 is 0. The quantitative estimate of drug-likeness (QED) is 0.869. The molecular formula is C12H11FN2O2. The molecule has 88 valence electrons. The number of nitrogens with zero attached hydrogens (tertiary/aromatic N) is 1. The molecule has 1 aliphatic carbocycles. The fourth-order valence-electron chi connectivity index (χ4n) is 1.89. The lowest BCUT2D eigenvalue weighted by atomic mass is 9.85. The number of nitrogens with one attached hydrogen (secondary N) is 1.